The summed E-state index contributed by atoms with van der Waals surface area (Å²) in [5, 5.41) is 2.37. The zero-order valence-electron chi connectivity index (χ0n) is 18.1. The van der Waals surface area contributed by atoms with Crippen LogP contribution in [0.1, 0.15) is 12.5 Å². The van der Waals surface area contributed by atoms with Crippen molar-refractivity contribution in [3.8, 4) is 0 Å². The molecule has 1 unspecified atom stereocenters. The lowest BCUT2D eigenvalue weighted by Gasteiger charge is -2.38. The average molecular weight is 448 g/mol. The van der Waals surface area contributed by atoms with Crippen molar-refractivity contribution < 1.29 is 22.8 Å². The summed E-state index contributed by atoms with van der Waals surface area (Å²) in [6, 6.07) is 14.0. The van der Waals surface area contributed by atoms with E-state index in [1.54, 1.807) is 11.9 Å². The second kappa shape index (κ2) is 10.1. The van der Waals surface area contributed by atoms with Crippen molar-refractivity contribution in [3.63, 3.8) is 0 Å². The average Bonchev–Trinajstić information content (AvgIpc) is 2.78. The summed E-state index contributed by atoms with van der Waals surface area (Å²) in [7, 11) is 1.74. The van der Waals surface area contributed by atoms with E-state index in [9.17, 15) is 22.8 Å². The van der Waals surface area contributed by atoms with Gasteiger partial charge in [0.25, 0.3) is 0 Å². The second-order valence-corrected chi connectivity index (χ2v) is 7.81. The van der Waals surface area contributed by atoms with Crippen molar-refractivity contribution in [2.24, 2.45) is 0 Å². The number of alkyl halides is 3. The normalized spacial score (nSPS) is 16.4. The molecular formula is C23H27F3N4O2. The summed E-state index contributed by atoms with van der Waals surface area (Å²) in [6.07, 6.45) is -4.54. The smallest absolute Gasteiger partial charge is 0.324 e. The number of nitrogens with zero attached hydrogens (tertiary/aromatic N) is 3. The van der Waals surface area contributed by atoms with Gasteiger partial charge in [0.15, 0.2) is 0 Å². The number of benzene rings is 2. The molecule has 2 aromatic rings. The molecule has 1 saturated heterocycles. The number of nitrogens with one attached hydrogen (secondary N) is 1. The number of piperazine rings is 1. The van der Waals surface area contributed by atoms with E-state index >= 15 is 0 Å². The number of carbonyl (C=O) groups is 2. The fourth-order valence-electron chi connectivity index (χ4n) is 3.76. The van der Waals surface area contributed by atoms with E-state index < -0.39 is 17.6 Å². The minimum atomic E-state index is -4.54. The summed E-state index contributed by atoms with van der Waals surface area (Å²) in [5.74, 6) is -0.519. The maximum Gasteiger partial charge on any atom is 0.418 e. The monoisotopic (exact) mass is 448 g/mol. The molecule has 2 amide bonds. The van der Waals surface area contributed by atoms with Gasteiger partial charge >= 0.3 is 6.18 Å². The molecule has 6 nitrogen and oxygen atoms in total. The van der Waals surface area contributed by atoms with Crippen LogP contribution in [0, 0.1) is 0 Å². The number of anilines is 2. The number of likely N-dealkylation sites (N-methyl/N-ethyl adjacent to an activating group) is 1. The van der Waals surface area contributed by atoms with Gasteiger partial charge in [-0.25, -0.2) is 0 Å². The van der Waals surface area contributed by atoms with Crippen LogP contribution in [-0.4, -0.2) is 67.4 Å². The Balaban J connectivity index is 1.51. The van der Waals surface area contributed by atoms with Gasteiger partial charge in [0.05, 0.1) is 23.8 Å². The molecule has 1 aliphatic heterocycles. The van der Waals surface area contributed by atoms with E-state index in [1.165, 1.54) is 18.2 Å². The summed E-state index contributed by atoms with van der Waals surface area (Å²) in [4.78, 5) is 30.7. The first-order chi connectivity index (χ1) is 15.2. The van der Waals surface area contributed by atoms with Gasteiger partial charge in [0.2, 0.25) is 11.8 Å². The maximum atomic E-state index is 13.1. The highest BCUT2D eigenvalue weighted by molar-refractivity contribution is 5.96. The van der Waals surface area contributed by atoms with Gasteiger partial charge in [0.1, 0.15) is 0 Å². The SMILES string of the molecule is CC(C(=O)N(C)c1ccccc1)N1CCN(CC(=O)Nc2ccccc2C(F)(F)F)CC1. The number of hydrogen-bond acceptors (Lipinski definition) is 4. The molecule has 1 heterocycles. The summed E-state index contributed by atoms with van der Waals surface area (Å²) < 4.78 is 39.3. The van der Waals surface area contributed by atoms with Gasteiger partial charge in [-0.1, -0.05) is 30.3 Å². The molecule has 0 saturated carbocycles. The van der Waals surface area contributed by atoms with Crippen LogP contribution in [0.3, 0.4) is 0 Å². The molecule has 2 aromatic carbocycles. The van der Waals surface area contributed by atoms with E-state index in [0.717, 1.165) is 11.8 Å². The summed E-state index contributed by atoms with van der Waals surface area (Å²) >= 11 is 0. The van der Waals surface area contributed by atoms with Crippen LogP contribution in [0.5, 0.6) is 0 Å². The predicted octanol–water partition coefficient (Wildman–Crippen LogP) is 3.31. The van der Waals surface area contributed by atoms with Crippen LogP contribution >= 0.6 is 0 Å². The number of amides is 2. The zero-order chi connectivity index (χ0) is 23.3. The van der Waals surface area contributed by atoms with E-state index in [0.29, 0.717) is 26.2 Å². The van der Waals surface area contributed by atoms with Crippen LogP contribution in [0.4, 0.5) is 24.5 Å². The minimum absolute atomic E-state index is 0.00766. The minimum Gasteiger partial charge on any atom is -0.324 e. The first-order valence-corrected chi connectivity index (χ1v) is 10.4. The van der Waals surface area contributed by atoms with Crippen molar-refractivity contribution in [2.45, 2.75) is 19.1 Å². The van der Waals surface area contributed by atoms with E-state index in [2.05, 4.69) is 10.2 Å². The van der Waals surface area contributed by atoms with E-state index in [1.807, 2.05) is 42.2 Å². The highest BCUT2D eigenvalue weighted by atomic mass is 19.4. The second-order valence-electron chi connectivity index (χ2n) is 7.81. The highest BCUT2D eigenvalue weighted by Crippen LogP contribution is 2.34. The third-order valence-electron chi connectivity index (χ3n) is 5.66. The summed E-state index contributed by atoms with van der Waals surface area (Å²) in [6.45, 7) is 4.11. The lowest BCUT2D eigenvalue weighted by atomic mass is 10.1. The van der Waals surface area contributed by atoms with Crippen molar-refractivity contribution >= 4 is 23.2 Å². The topological polar surface area (TPSA) is 55.9 Å². The Labute approximate surface area is 185 Å². The largest absolute Gasteiger partial charge is 0.418 e. The first kappa shape index (κ1) is 23.7. The van der Waals surface area contributed by atoms with Crippen LogP contribution in [0.15, 0.2) is 54.6 Å². The Hall–Kier alpha value is -2.91. The number of hydrogen-bond donors (Lipinski definition) is 1. The molecule has 1 atom stereocenters. The van der Waals surface area contributed by atoms with E-state index in [-0.39, 0.29) is 24.2 Å². The summed E-state index contributed by atoms with van der Waals surface area (Å²) in [5.41, 5.74) is -0.293. The predicted molar refractivity (Wildman–Crippen MR) is 117 cm³/mol. The third kappa shape index (κ3) is 5.86. The Kier molecular flexibility index (Phi) is 7.52. The van der Waals surface area contributed by atoms with Crippen LogP contribution in [0.2, 0.25) is 0 Å². The molecule has 3 rings (SSSR count). The number of para-hydroxylation sites is 2. The third-order valence-corrected chi connectivity index (χ3v) is 5.66. The first-order valence-electron chi connectivity index (χ1n) is 10.4. The van der Waals surface area contributed by atoms with Crippen molar-refractivity contribution in [3.05, 3.63) is 60.2 Å². The van der Waals surface area contributed by atoms with E-state index in [4.69, 9.17) is 0 Å². The molecule has 32 heavy (non-hydrogen) atoms. The number of rotatable bonds is 6. The van der Waals surface area contributed by atoms with Gasteiger partial charge in [-0.05, 0) is 31.2 Å². The fourth-order valence-corrected chi connectivity index (χ4v) is 3.76. The number of halogens is 3. The molecule has 1 fully saturated rings. The molecule has 0 radical (unpaired) electrons. The molecule has 1 N–H and O–H groups in total. The molecule has 0 bridgehead atoms. The molecular weight excluding hydrogens is 421 g/mol. The Morgan fingerprint density at radius 1 is 1.00 bits per heavy atom. The molecule has 172 valence electrons. The molecule has 1 aliphatic rings. The zero-order valence-corrected chi connectivity index (χ0v) is 18.1. The lowest BCUT2D eigenvalue weighted by Crippen LogP contribution is -2.55. The van der Waals surface area contributed by atoms with Gasteiger partial charge in [0, 0.05) is 38.9 Å². The number of carbonyl (C=O) groups excluding carboxylic acids is 2. The van der Waals surface area contributed by atoms with Crippen LogP contribution in [0.25, 0.3) is 0 Å². The maximum absolute atomic E-state index is 13.1. The van der Waals surface area contributed by atoms with Gasteiger partial charge in [-0.15, -0.1) is 0 Å². The highest BCUT2D eigenvalue weighted by Gasteiger charge is 2.34. The Morgan fingerprint density at radius 2 is 1.59 bits per heavy atom. The van der Waals surface area contributed by atoms with Crippen molar-refractivity contribution in [2.75, 3.05) is 50.0 Å². The van der Waals surface area contributed by atoms with Crippen molar-refractivity contribution in [1.29, 1.82) is 0 Å². The quantitative estimate of drug-likeness (QED) is 0.737. The van der Waals surface area contributed by atoms with Crippen LogP contribution in [-0.2, 0) is 15.8 Å². The molecule has 0 aromatic heterocycles. The Bertz CT molecular complexity index is 928. The fraction of sp³-hybridized carbons (Fsp3) is 0.391. The lowest BCUT2D eigenvalue weighted by molar-refractivity contribution is -0.137. The molecule has 0 aliphatic carbocycles. The van der Waals surface area contributed by atoms with Crippen molar-refractivity contribution in [1.82, 2.24) is 9.80 Å². The van der Waals surface area contributed by atoms with Gasteiger partial charge < -0.3 is 10.2 Å². The standard InChI is InChI=1S/C23H27F3N4O2/c1-17(22(32)28(2)18-8-4-3-5-9-18)30-14-12-29(13-15-30)16-21(31)27-20-11-7-6-10-19(20)23(24,25)26/h3-11,17H,12-16H2,1-2H3,(H,27,31). The molecule has 0 spiro atoms. The Morgan fingerprint density at radius 3 is 2.22 bits per heavy atom. The van der Waals surface area contributed by atoms with Gasteiger partial charge in [-0.2, -0.15) is 13.2 Å². The van der Waals surface area contributed by atoms with Gasteiger partial charge in [-0.3, -0.25) is 19.4 Å². The van der Waals surface area contributed by atoms with Crippen LogP contribution < -0.4 is 10.2 Å². The molecule has 9 heteroatoms.